The fourth-order valence-corrected chi connectivity index (χ4v) is 17.1. The molecule has 1 fully saturated rings. The van der Waals surface area contributed by atoms with Gasteiger partial charge in [0.15, 0.2) is 5.96 Å². The Kier molecular flexibility index (Phi) is 61.3. The number of nitrogens with one attached hydrogen (secondary N) is 17. The Morgan fingerprint density at radius 2 is 0.946 bits per heavy atom. The molecule has 828 valence electrons. The number of para-hydroxylation sites is 1. The first-order valence-corrected chi connectivity index (χ1v) is 52.1. The van der Waals surface area contributed by atoms with Crippen LogP contribution in [0.2, 0.25) is 0 Å². The molecule has 49 nitrogen and oxygen atoms in total. The van der Waals surface area contributed by atoms with Crippen LogP contribution in [0, 0.1) is 5.41 Å². The highest BCUT2D eigenvalue weighted by atomic mass is 32.1. The van der Waals surface area contributed by atoms with Gasteiger partial charge in [-0.25, -0.2) is 4.98 Å². The predicted octanol–water partition coefficient (Wildman–Crippen LogP) is -1.13. The number of H-pyrrole nitrogens is 2. The second-order valence-corrected chi connectivity index (χ2v) is 37.4. The van der Waals surface area contributed by atoms with E-state index in [4.69, 9.17) is 37.2 Å². The summed E-state index contributed by atoms with van der Waals surface area (Å²) in [5, 5.41) is 93.8. The Hall–Kier alpha value is -13.1. The number of carboxylic acid groups (broad SMARTS) is 4. The number of thiol groups is 2. The van der Waals surface area contributed by atoms with Crippen molar-refractivity contribution in [1.29, 1.82) is 5.41 Å². The first-order valence-electron chi connectivity index (χ1n) is 50.8. The third-order valence-corrected chi connectivity index (χ3v) is 25.1. The number of carbonyl (C=O) groups is 19. The van der Waals surface area contributed by atoms with Crippen LogP contribution >= 0.6 is 25.3 Å². The van der Waals surface area contributed by atoms with Crippen molar-refractivity contribution in [3.63, 3.8) is 0 Å². The number of hydrogen-bond acceptors (Lipinski definition) is 28. The molecule has 149 heavy (non-hydrogen) atoms. The molecular weight excluding hydrogens is 1980 g/mol. The number of primary amides is 1. The summed E-state index contributed by atoms with van der Waals surface area (Å²) in [6, 6.07) is -2.99. The van der Waals surface area contributed by atoms with Crippen molar-refractivity contribution in [3.8, 4) is 0 Å². The number of nitrogens with two attached hydrogens (primary N) is 3. The summed E-state index contributed by atoms with van der Waals surface area (Å²) >= 11 is 8.62. The molecule has 5 rings (SSSR count). The highest BCUT2D eigenvalue weighted by molar-refractivity contribution is 7.80. The molecule has 0 spiro atoms. The van der Waals surface area contributed by atoms with Crippen LogP contribution in [0.4, 0.5) is 0 Å². The summed E-state index contributed by atoms with van der Waals surface area (Å²) in [6.07, 6.45) is 15.8. The third-order valence-electron chi connectivity index (χ3n) is 24.5. The smallest absolute Gasteiger partial charge is 0.317 e. The minimum atomic E-state index is -1.84. The lowest BCUT2D eigenvalue weighted by Gasteiger charge is -2.30. The van der Waals surface area contributed by atoms with E-state index < -0.39 is 223 Å². The largest absolute Gasteiger partial charge is 0.481 e. The molecule has 0 saturated carbocycles. The topological polar surface area (TPSA) is 765 Å². The molecule has 0 radical (unpaired) electrons. The molecule has 2 aromatic carbocycles. The van der Waals surface area contributed by atoms with Crippen LogP contribution in [0.1, 0.15) is 216 Å². The number of guanidine groups is 1. The van der Waals surface area contributed by atoms with Gasteiger partial charge in [0.25, 0.3) is 0 Å². The van der Waals surface area contributed by atoms with Crippen LogP contribution in [0.5, 0.6) is 0 Å². The minimum absolute atomic E-state index is 0.00138. The molecule has 0 unspecified atom stereocenters. The van der Waals surface area contributed by atoms with Crippen molar-refractivity contribution in [1.82, 2.24) is 99.2 Å². The van der Waals surface area contributed by atoms with Crippen LogP contribution in [0.25, 0.3) is 10.9 Å². The average Bonchev–Trinajstić information content (AvgIpc) is 1.71. The number of aliphatic hydroxyl groups excluding tert-OH is 1. The third kappa shape index (κ3) is 51.6. The van der Waals surface area contributed by atoms with Gasteiger partial charge < -0.3 is 142 Å². The number of unbranched alkanes of at least 4 members (excludes halogenated alkanes) is 14. The molecule has 0 aliphatic carbocycles. The summed E-state index contributed by atoms with van der Waals surface area (Å²) in [5.41, 5.74) is 19.2. The van der Waals surface area contributed by atoms with E-state index in [9.17, 15) is 97.1 Å². The van der Waals surface area contributed by atoms with E-state index in [1.54, 1.807) is 60.8 Å². The number of amides is 15. The highest BCUT2D eigenvalue weighted by Crippen LogP contribution is 2.24. The Morgan fingerprint density at radius 3 is 1.50 bits per heavy atom. The molecule has 1 aliphatic rings. The average molecular weight is 2130 g/mol. The number of aliphatic hydroxyl groups is 1. The maximum atomic E-state index is 15.1. The maximum absolute atomic E-state index is 15.1. The number of hydrogen-bond donors (Lipinski definition) is 27. The normalized spacial score (nSPS) is 14.4. The number of imidazole rings is 1. The van der Waals surface area contributed by atoms with Crippen LogP contribution in [-0.2, 0) is 120 Å². The van der Waals surface area contributed by atoms with Gasteiger partial charge in [0.2, 0.25) is 88.6 Å². The van der Waals surface area contributed by atoms with Crippen LogP contribution in [0.3, 0.4) is 0 Å². The number of aromatic amines is 2. The standard InChI is InChI=1S/C98H153N23O26S2/c1-62(123)109-73(40-50-148)91(139)117-76(53-65-55-103-61-108-65)94(142)115-74(51-63-27-13-12-14-28-63)92(140)112-71(34-25-43-106-98(101)102)89(137)116-75(52-64-54-107-67-30-18-17-29-66(64)67)93(141)119-78(60-149)95(143)118-77(58-122)97(145)121-46-26-35-79(121)96(144)114-70(32-19-22-41-99)88(136)113-72(38-39-83(128)129)90(138)111-69(33-21-24-45-120(56-84(130)131)57-85(132)133)87(135)110-68(86(100)134)31-20-23-42-104-81(125)59-147-49-48-146-47-44-105-80(124)36-15-10-8-6-4-2-3-5-7-9-11-16-37-82(126)127/h12-14,17-18,27-30,54-55,61,68-79,107,122,148-149H,2-11,15-16,19-26,31-53,56-60,99H2,1H3,(H2,100,134)(H,103,108)(H,104,125)(H,105,124)(H,109,123)(H,110,135)(H,111,138)(H,112,140)(H,113,136)(H,114,144)(H,115,142)(H,116,137)(H,117,139)(H,118,143)(H,119,141)(H,126,127)(H,128,129)(H,130,131)(H,132,133)(H4,101,102,106)/t68-,69-,70-,71-,72-,73-,74+,75-,76-,77-,78-,79-/m0/s1. The molecule has 1 aliphatic heterocycles. The minimum Gasteiger partial charge on any atom is -0.481 e. The summed E-state index contributed by atoms with van der Waals surface area (Å²) in [4.78, 5) is 270. The first-order chi connectivity index (χ1) is 71.4. The molecule has 28 N–H and O–H groups in total. The maximum Gasteiger partial charge on any atom is 0.317 e. The van der Waals surface area contributed by atoms with Gasteiger partial charge in [0.1, 0.15) is 79.1 Å². The molecule has 4 aromatic rings. The number of nitrogens with zero attached hydrogens (tertiary/aromatic N) is 3. The van der Waals surface area contributed by atoms with Crippen molar-refractivity contribution >= 4 is 155 Å². The number of carboxylic acids is 4. The SMILES string of the molecule is CC(=O)N[C@@H](CCS)C(=O)N[C@@H](Cc1c[nH]cn1)C(=O)N[C@H](Cc1ccccc1)C(=O)N[C@@H](CCCNC(=N)N)C(=O)N[C@@H](Cc1c[nH]c2ccccc12)C(=O)N[C@@H](CS)C(=O)N[C@@H](CO)C(=O)N1CCC[C@H]1C(=O)N[C@@H](CCCCN)C(=O)N[C@@H](CCC(=O)O)C(=O)N[C@@H](CCCCN(CC(=O)O)CC(=O)O)C(=O)N[C@@H](CCCCNC(=O)COCCOCCNC(=O)CCCCCCCCCCCCCCC(=O)O)C(N)=O. The zero-order valence-electron chi connectivity index (χ0n) is 84.6. The molecule has 12 atom stereocenters. The van der Waals surface area contributed by atoms with Gasteiger partial charge in [-0.2, -0.15) is 25.3 Å². The lowest BCUT2D eigenvalue weighted by molar-refractivity contribution is -0.143. The number of benzene rings is 2. The van der Waals surface area contributed by atoms with Crippen molar-refractivity contribution < 1.29 is 126 Å². The molecule has 1 saturated heterocycles. The number of carbonyl (C=O) groups excluding carboxylic acids is 15. The lowest BCUT2D eigenvalue weighted by atomic mass is 10.0. The van der Waals surface area contributed by atoms with E-state index in [2.05, 4.69) is 115 Å². The second kappa shape index (κ2) is 72.3. The number of fused-ring (bicyclic) bond motifs is 1. The molecule has 3 heterocycles. The fourth-order valence-electron chi connectivity index (χ4n) is 16.6. The van der Waals surface area contributed by atoms with Gasteiger partial charge >= 0.3 is 23.9 Å². The summed E-state index contributed by atoms with van der Waals surface area (Å²) in [7, 11) is 0. The molecule has 51 heteroatoms. The zero-order chi connectivity index (χ0) is 109. The van der Waals surface area contributed by atoms with Gasteiger partial charge in [-0.15, -0.1) is 0 Å². The Bertz CT molecular complexity index is 4900. The number of likely N-dealkylation sites (tertiary alicyclic amines) is 1. The van der Waals surface area contributed by atoms with E-state index in [1.165, 1.54) is 32.3 Å². The van der Waals surface area contributed by atoms with Gasteiger partial charge in [-0.05, 0) is 145 Å². The quantitative estimate of drug-likeness (QED) is 0.0108. The zero-order valence-corrected chi connectivity index (χ0v) is 86.4. The van der Waals surface area contributed by atoms with Gasteiger partial charge in [0, 0.05) is 101 Å². The van der Waals surface area contributed by atoms with Gasteiger partial charge in [-0.3, -0.25) is 101 Å². The van der Waals surface area contributed by atoms with E-state index in [-0.39, 0.29) is 186 Å². The van der Waals surface area contributed by atoms with Gasteiger partial charge in [-0.1, -0.05) is 113 Å². The number of ether oxygens (including phenoxy) is 2. The Balaban J connectivity index is 1.26. The summed E-state index contributed by atoms with van der Waals surface area (Å²) in [6.45, 7) is -0.885. The Morgan fingerprint density at radius 1 is 0.470 bits per heavy atom. The van der Waals surface area contributed by atoms with Gasteiger partial charge in [0.05, 0.1) is 51.5 Å². The first kappa shape index (κ1) is 126. The van der Waals surface area contributed by atoms with Crippen molar-refractivity contribution in [2.24, 2.45) is 17.2 Å². The molecule has 2 aromatic heterocycles. The van der Waals surface area contributed by atoms with Crippen molar-refractivity contribution in [3.05, 3.63) is 90.1 Å². The molecule has 0 bridgehead atoms. The van der Waals surface area contributed by atoms with E-state index in [0.29, 0.717) is 40.7 Å². The Labute approximate surface area is 876 Å². The number of aliphatic carboxylic acids is 4. The van der Waals surface area contributed by atoms with Crippen LogP contribution in [0.15, 0.2) is 73.3 Å². The highest BCUT2D eigenvalue weighted by Gasteiger charge is 2.42. The predicted molar refractivity (Wildman–Crippen MR) is 553 cm³/mol. The lowest BCUT2D eigenvalue weighted by Crippen LogP contribution is -2.61. The van der Waals surface area contributed by atoms with E-state index >= 15 is 14.4 Å². The molecule has 15 amide bonds. The van der Waals surface area contributed by atoms with E-state index in [1.807, 2.05) is 0 Å². The number of aromatic nitrogens is 3. The van der Waals surface area contributed by atoms with Crippen LogP contribution < -0.4 is 91.6 Å². The number of rotatable bonds is 81. The van der Waals surface area contributed by atoms with Crippen LogP contribution in [-0.4, -0.2) is 338 Å². The summed E-state index contributed by atoms with van der Waals surface area (Å²) in [5.74, 6) is -18.4. The monoisotopic (exact) mass is 2130 g/mol. The second-order valence-electron chi connectivity index (χ2n) is 36.5. The summed E-state index contributed by atoms with van der Waals surface area (Å²) < 4.78 is 11.0. The van der Waals surface area contributed by atoms with Crippen molar-refractivity contribution in [2.75, 3.05) is 96.9 Å². The fraction of sp³-hybridized carbons (Fsp3) is 0.622. The molecular formula is C98H153N23O26S2. The van der Waals surface area contributed by atoms with E-state index in [0.717, 1.165) is 74.0 Å². The van der Waals surface area contributed by atoms with Crippen molar-refractivity contribution in [2.45, 2.75) is 291 Å².